The maximum Gasteiger partial charge on any atom is 0.265 e. The molecule has 0 aliphatic rings. The van der Waals surface area contributed by atoms with E-state index in [2.05, 4.69) is 14.9 Å². The Kier molecular flexibility index (Phi) is 2.95. The second-order valence-electron chi connectivity index (χ2n) is 3.63. The zero-order valence-corrected chi connectivity index (χ0v) is 10.1. The fourth-order valence-electron chi connectivity index (χ4n) is 1.40. The van der Waals surface area contributed by atoms with Crippen molar-refractivity contribution in [2.75, 3.05) is 4.72 Å². The third kappa shape index (κ3) is 2.28. The van der Waals surface area contributed by atoms with Crippen LogP contribution in [0.5, 0.6) is 5.75 Å². The van der Waals surface area contributed by atoms with Crippen molar-refractivity contribution >= 4 is 15.7 Å². The molecule has 0 aliphatic heterocycles. The number of H-pyrrole nitrogens is 1. The number of aromatic hydroxyl groups is 1. The van der Waals surface area contributed by atoms with E-state index in [-0.39, 0.29) is 16.3 Å². The van der Waals surface area contributed by atoms with Gasteiger partial charge in [0.1, 0.15) is 16.5 Å². The minimum Gasteiger partial charge on any atom is -0.506 e. The fraction of sp³-hybridized carbons (Fsp3) is 0.100. The van der Waals surface area contributed by atoms with Crippen LogP contribution < -0.4 is 4.72 Å². The Hall–Kier alpha value is -2.09. The molecule has 8 heteroatoms. The van der Waals surface area contributed by atoms with E-state index in [0.717, 1.165) is 24.4 Å². The first-order valence-corrected chi connectivity index (χ1v) is 6.40. The van der Waals surface area contributed by atoms with E-state index in [1.54, 1.807) is 0 Å². The molecule has 0 unspecified atom stereocenters. The van der Waals surface area contributed by atoms with Gasteiger partial charge in [0.25, 0.3) is 10.0 Å². The largest absolute Gasteiger partial charge is 0.506 e. The van der Waals surface area contributed by atoms with Crippen LogP contribution in [0.15, 0.2) is 29.3 Å². The molecule has 0 saturated carbocycles. The van der Waals surface area contributed by atoms with Gasteiger partial charge in [0.2, 0.25) is 0 Å². The van der Waals surface area contributed by atoms with Crippen molar-refractivity contribution in [2.45, 2.75) is 11.8 Å². The van der Waals surface area contributed by atoms with Crippen LogP contribution in [-0.2, 0) is 10.0 Å². The quantitative estimate of drug-likeness (QED) is 0.734. The summed E-state index contributed by atoms with van der Waals surface area (Å²) in [6.45, 7) is 1.53. The van der Waals surface area contributed by atoms with Gasteiger partial charge < -0.3 is 5.11 Å². The van der Waals surface area contributed by atoms with E-state index in [4.69, 9.17) is 0 Å². The van der Waals surface area contributed by atoms with Crippen LogP contribution in [0.3, 0.4) is 0 Å². The minimum absolute atomic E-state index is 0.0637. The SMILES string of the molecule is Cc1[nH]ncc1S(=O)(=O)Nc1cc(F)ccc1O. The Bertz CT molecular complexity index is 681. The predicted molar refractivity (Wildman–Crippen MR) is 62.2 cm³/mol. The zero-order valence-electron chi connectivity index (χ0n) is 9.31. The number of hydrogen-bond acceptors (Lipinski definition) is 4. The first kappa shape index (κ1) is 12.4. The van der Waals surface area contributed by atoms with E-state index in [0.29, 0.717) is 5.69 Å². The van der Waals surface area contributed by atoms with E-state index < -0.39 is 15.8 Å². The van der Waals surface area contributed by atoms with Gasteiger partial charge in [-0.2, -0.15) is 5.10 Å². The third-order valence-electron chi connectivity index (χ3n) is 2.28. The molecule has 0 spiro atoms. The second kappa shape index (κ2) is 4.30. The number of anilines is 1. The van der Waals surface area contributed by atoms with Gasteiger partial charge in [-0.1, -0.05) is 0 Å². The lowest BCUT2D eigenvalue weighted by Gasteiger charge is -2.08. The number of phenolic OH excluding ortho intramolecular Hbond substituents is 1. The van der Waals surface area contributed by atoms with Gasteiger partial charge in [-0.15, -0.1) is 0 Å². The standard InChI is InChI=1S/C10H10FN3O3S/c1-6-10(5-12-13-6)18(16,17)14-8-4-7(11)2-3-9(8)15/h2-5,14-15H,1H3,(H,12,13). The fourth-order valence-corrected chi connectivity index (χ4v) is 2.60. The molecule has 1 heterocycles. The van der Waals surface area contributed by atoms with Crippen LogP contribution in [0.4, 0.5) is 10.1 Å². The number of aromatic amines is 1. The van der Waals surface area contributed by atoms with Crippen LogP contribution in [0.2, 0.25) is 0 Å². The van der Waals surface area contributed by atoms with E-state index in [9.17, 15) is 17.9 Å². The maximum absolute atomic E-state index is 13.0. The number of sulfonamides is 1. The van der Waals surface area contributed by atoms with Crippen LogP contribution >= 0.6 is 0 Å². The lowest BCUT2D eigenvalue weighted by molar-refractivity contribution is 0.475. The molecule has 0 bridgehead atoms. The first-order valence-electron chi connectivity index (χ1n) is 4.91. The molecule has 2 aromatic rings. The number of nitrogens with zero attached hydrogens (tertiary/aromatic N) is 1. The molecule has 0 radical (unpaired) electrons. The van der Waals surface area contributed by atoms with Gasteiger partial charge in [-0.05, 0) is 19.1 Å². The Morgan fingerprint density at radius 1 is 1.44 bits per heavy atom. The van der Waals surface area contributed by atoms with Crippen molar-refractivity contribution in [1.82, 2.24) is 10.2 Å². The second-order valence-corrected chi connectivity index (χ2v) is 5.28. The number of phenols is 1. The number of hydrogen-bond donors (Lipinski definition) is 3. The molecular weight excluding hydrogens is 261 g/mol. The normalized spacial score (nSPS) is 11.4. The summed E-state index contributed by atoms with van der Waals surface area (Å²) >= 11 is 0. The van der Waals surface area contributed by atoms with Gasteiger partial charge in [-0.25, -0.2) is 12.8 Å². The van der Waals surface area contributed by atoms with Crippen molar-refractivity contribution < 1.29 is 17.9 Å². The number of halogens is 1. The molecule has 1 aromatic heterocycles. The first-order chi connectivity index (χ1) is 8.40. The monoisotopic (exact) mass is 271 g/mol. The summed E-state index contributed by atoms with van der Waals surface area (Å²) < 4.78 is 39.0. The maximum atomic E-state index is 13.0. The summed E-state index contributed by atoms with van der Waals surface area (Å²) in [6.07, 6.45) is 1.13. The topological polar surface area (TPSA) is 95.1 Å². The molecule has 0 saturated heterocycles. The van der Waals surface area contributed by atoms with Crippen LogP contribution in [-0.4, -0.2) is 23.7 Å². The third-order valence-corrected chi connectivity index (χ3v) is 3.76. The summed E-state index contributed by atoms with van der Waals surface area (Å²) in [5.74, 6) is -1.02. The number of benzene rings is 1. The van der Waals surface area contributed by atoms with Crippen LogP contribution in [0.25, 0.3) is 0 Å². The summed E-state index contributed by atoms with van der Waals surface area (Å²) in [7, 11) is -3.91. The molecule has 0 amide bonds. The van der Waals surface area contributed by atoms with Crippen LogP contribution in [0, 0.1) is 12.7 Å². The van der Waals surface area contributed by atoms with Gasteiger partial charge in [0.05, 0.1) is 17.6 Å². The minimum atomic E-state index is -3.91. The number of rotatable bonds is 3. The lowest BCUT2D eigenvalue weighted by atomic mass is 10.3. The molecule has 0 aliphatic carbocycles. The van der Waals surface area contributed by atoms with Gasteiger partial charge in [0.15, 0.2) is 0 Å². The summed E-state index contributed by atoms with van der Waals surface area (Å²) in [5.41, 5.74) is 0.119. The number of nitrogens with one attached hydrogen (secondary N) is 2. The van der Waals surface area contributed by atoms with Crippen molar-refractivity contribution in [3.8, 4) is 5.75 Å². The molecule has 0 atom stereocenters. The Morgan fingerprint density at radius 3 is 2.78 bits per heavy atom. The van der Waals surface area contributed by atoms with Gasteiger partial charge in [-0.3, -0.25) is 9.82 Å². The van der Waals surface area contributed by atoms with Crippen molar-refractivity contribution in [3.05, 3.63) is 35.9 Å². The molecule has 96 valence electrons. The number of aromatic nitrogens is 2. The van der Waals surface area contributed by atoms with E-state index in [1.165, 1.54) is 6.92 Å². The highest BCUT2D eigenvalue weighted by atomic mass is 32.2. The Labute approximate surface area is 103 Å². The molecule has 0 fully saturated rings. The highest BCUT2D eigenvalue weighted by Crippen LogP contribution is 2.26. The summed E-state index contributed by atoms with van der Waals surface area (Å²) in [5, 5.41) is 15.5. The highest BCUT2D eigenvalue weighted by Gasteiger charge is 2.20. The molecular formula is C10H10FN3O3S. The lowest BCUT2D eigenvalue weighted by Crippen LogP contribution is -2.13. The number of aryl methyl sites for hydroxylation is 1. The average Bonchev–Trinajstić information content (AvgIpc) is 2.70. The summed E-state index contributed by atoms with van der Waals surface area (Å²) in [6, 6.07) is 2.98. The van der Waals surface area contributed by atoms with E-state index in [1.807, 2.05) is 0 Å². The smallest absolute Gasteiger partial charge is 0.265 e. The highest BCUT2D eigenvalue weighted by molar-refractivity contribution is 7.92. The Morgan fingerprint density at radius 2 is 2.17 bits per heavy atom. The zero-order chi connectivity index (χ0) is 13.3. The van der Waals surface area contributed by atoms with Crippen molar-refractivity contribution in [3.63, 3.8) is 0 Å². The van der Waals surface area contributed by atoms with Crippen LogP contribution in [0.1, 0.15) is 5.69 Å². The van der Waals surface area contributed by atoms with E-state index >= 15 is 0 Å². The van der Waals surface area contributed by atoms with Crippen molar-refractivity contribution in [2.24, 2.45) is 0 Å². The molecule has 2 rings (SSSR count). The molecule has 6 nitrogen and oxygen atoms in total. The van der Waals surface area contributed by atoms with Crippen molar-refractivity contribution in [1.29, 1.82) is 0 Å². The molecule has 18 heavy (non-hydrogen) atoms. The van der Waals surface area contributed by atoms with Gasteiger partial charge in [0, 0.05) is 6.07 Å². The molecule has 3 N–H and O–H groups in total. The predicted octanol–water partition coefficient (Wildman–Crippen LogP) is 1.36. The van der Waals surface area contributed by atoms with Gasteiger partial charge >= 0.3 is 0 Å². The average molecular weight is 271 g/mol. The summed E-state index contributed by atoms with van der Waals surface area (Å²) in [4.78, 5) is -0.0637. The molecule has 1 aromatic carbocycles. The Balaban J connectivity index is 2.40.